The van der Waals surface area contributed by atoms with Crippen LogP contribution in [0.4, 0.5) is 0 Å². The third-order valence-corrected chi connectivity index (χ3v) is 6.57. The van der Waals surface area contributed by atoms with E-state index in [-0.39, 0.29) is 24.1 Å². The molecule has 1 aliphatic rings. The van der Waals surface area contributed by atoms with Crippen molar-refractivity contribution in [2.75, 3.05) is 7.05 Å². The summed E-state index contributed by atoms with van der Waals surface area (Å²) in [4.78, 5) is 0. The van der Waals surface area contributed by atoms with Crippen molar-refractivity contribution in [3.63, 3.8) is 0 Å². The van der Waals surface area contributed by atoms with Crippen LogP contribution in [0.3, 0.4) is 0 Å². The molecule has 0 spiro atoms. The van der Waals surface area contributed by atoms with Crippen LogP contribution in [0.2, 0.25) is 0 Å². The molecule has 3 unspecified atom stereocenters. The number of benzene rings is 4. The summed E-state index contributed by atoms with van der Waals surface area (Å²) in [6, 6.07) is 26.2. The fourth-order valence-corrected chi connectivity index (χ4v) is 4.59. The number of epoxide rings is 1. The first kappa shape index (κ1) is 20.8. The maximum absolute atomic E-state index is 10.4. The van der Waals surface area contributed by atoms with E-state index < -0.39 is 0 Å². The van der Waals surface area contributed by atoms with Gasteiger partial charge in [0.2, 0.25) is 0 Å². The number of phenolic OH excluding ortho intramolecular Hbond substituents is 1. The number of hydrogen-bond donors (Lipinski definition) is 3. The maximum Gasteiger partial charge on any atom is 0.136 e. The Kier molecular flexibility index (Phi) is 5.01. The van der Waals surface area contributed by atoms with Gasteiger partial charge < -0.3 is 19.6 Å². The molecule has 0 saturated carbocycles. The second kappa shape index (κ2) is 8.20. The Morgan fingerprint density at radius 3 is 2.35 bits per heavy atom. The largest absolute Gasteiger partial charge is 0.508 e. The Morgan fingerprint density at radius 1 is 0.912 bits per heavy atom. The minimum absolute atomic E-state index is 0.0603. The second-order valence-electron chi connectivity index (χ2n) is 8.82. The van der Waals surface area contributed by atoms with Crippen molar-refractivity contribution in [2.24, 2.45) is 0 Å². The number of furan rings is 1. The molecule has 5 heteroatoms. The highest BCUT2D eigenvalue weighted by Gasteiger charge is 2.33. The highest BCUT2D eigenvalue weighted by molar-refractivity contribution is 6.10. The Balaban J connectivity index is 1.45. The van der Waals surface area contributed by atoms with Gasteiger partial charge in [-0.25, -0.2) is 0 Å². The van der Waals surface area contributed by atoms with Crippen molar-refractivity contribution in [3.8, 4) is 5.75 Å². The molecule has 6 rings (SSSR count). The van der Waals surface area contributed by atoms with Gasteiger partial charge >= 0.3 is 0 Å². The first-order chi connectivity index (χ1) is 16.6. The molecular formula is C29H26N2O3. The Hall–Kier alpha value is -3.80. The van der Waals surface area contributed by atoms with Crippen LogP contribution >= 0.6 is 0 Å². The molecule has 0 aliphatic carbocycles. The molecule has 1 aliphatic heterocycles. The van der Waals surface area contributed by atoms with Gasteiger partial charge in [0.15, 0.2) is 0 Å². The number of phenols is 1. The van der Waals surface area contributed by atoms with E-state index in [2.05, 4.69) is 66.1 Å². The summed E-state index contributed by atoms with van der Waals surface area (Å²) in [5, 5.41) is 21.8. The average Bonchev–Trinajstić information content (AvgIpc) is 3.44. The molecule has 2 heterocycles. The van der Waals surface area contributed by atoms with E-state index in [0.29, 0.717) is 0 Å². The smallest absolute Gasteiger partial charge is 0.136 e. The second-order valence-corrected chi connectivity index (χ2v) is 8.82. The number of ether oxygens (including phenoxy) is 1. The van der Waals surface area contributed by atoms with Crippen LogP contribution < -0.4 is 10.6 Å². The lowest BCUT2D eigenvalue weighted by molar-refractivity contribution is 0.400. The quantitative estimate of drug-likeness (QED) is 0.216. The standard InChI is InChI=1S/C29H26N2O3/c1-17-27(33-17)16-24(31-29(30-2)21-9-5-6-10-25(21)32)20-11-12-26-22(14-20)23-13-18-7-3-4-8-19(18)15-28(23)34-26/h3-17,27,29-32H,1-2H3/b24-16-. The number of hydrogen-bond acceptors (Lipinski definition) is 5. The van der Waals surface area contributed by atoms with E-state index in [1.54, 1.807) is 6.07 Å². The summed E-state index contributed by atoms with van der Waals surface area (Å²) in [6.07, 6.45) is 2.10. The Bertz CT molecular complexity index is 1550. The molecule has 0 radical (unpaired) electrons. The molecule has 5 nitrogen and oxygen atoms in total. The van der Waals surface area contributed by atoms with E-state index in [4.69, 9.17) is 9.15 Å². The minimum Gasteiger partial charge on any atom is -0.508 e. The van der Waals surface area contributed by atoms with Crippen molar-refractivity contribution in [2.45, 2.75) is 25.3 Å². The van der Waals surface area contributed by atoms with Gasteiger partial charge in [-0.3, -0.25) is 5.32 Å². The maximum atomic E-state index is 10.4. The zero-order chi connectivity index (χ0) is 23.2. The van der Waals surface area contributed by atoms with Crippen molar-refractivity contribution < 1.29 is 14.3 Å². The van der Waals surface area contributed by atoms with Gasteiger partial charge in [0.1, 0.15) is 29.2 Å². The molecule has 5 aromatic rings. The highest BCUT2D eigenvalue weighted by Crippen LogP contribution is 2.35. The van der Waals surface area contributed by atoms with Crippen molar-refractivity contribution >= 4 is 38.4 Å². The summed E-state index contributed by atoms with van der Waals surface area (Å²) < 4.78 is 11.9. The summed E-state index contributed by atoms with van der Waals surface area (Å²) >= 11 is 0. The molecule has 1 fully saturated rings. The number of fused-ring (bicyclic) bond motifs is 4. The molecule has 4 aromatic carbocycles. The average molecular weight is 451 g/mol. The van der Waals surface area contributed by atoms with E-state index in [1.165, 1.54) is 5.39 Å². The lowest BCUT2D eigenvalue weighted by Crippen LogP contribution is -2.31. The molecule has 170 valence electrons. The summed E-state index contributed by atoms with van der Waals surface area (Å²) in [5.41, 5.74) is 4.49. The number of aromatic hydroxyl groups is 1. The van der Waals surface area contributed by atoms with Crippen LogP contribution in [0.5, 0.6) is 5.75 Å². The first-order valence-corrected chi connectivity index (χ1v) is 11.5. The molecule has 1 aromatic heterocycles. The van der Waals surface area contributed by atoms with Crippen LogP contribution in [0, 0.1) is 0 Å². The molecular weight excluding hydrogens is 424 g/mol. The summed E-state index contributed by atoms with van der Waals surface area (Å²) in [7, 11) is 1.87. The zero-order valence-corrected chi connectivity index (χ0v) is 19.1. The van der Waals surface area contributed by atoms with Gasteiger partial charge in [0.05, 0.1) is 6.10 Å². The molecule has 0 bridgehead atoms. The van der Waals surface area contributed by atoms with E-state index in [0.717, 1.165) is 44.1 Å². The Morgan fingerprint density at radius 2 is 1.62 bits per heavy atom. The fourth-order valence-electron chi connectivity index (χ4n) is 4.59. The predicted molar refractivity (Wildman–Crippen MR) is 137 cm³/mol. The van der Waals surface area contributed by atoms with Gasteiger partial charge in [-0.1, -0.05) is 42.5 Å². The highest BCUT2D eigenvalue weighted by atomic mass is 16.6. The summed E-state index contributed by atoms with van der Waals surface area (Å²) in [6.45, 7) is 2.06. The lowest BCUT2D eigenvalue weighted by Gasteiger charge is -2.23. The van der Waals surface area contributed by atoms with Gasteiger partial charge in [-0.05, 0) is 72.8 Å². The van der Waals surface area contributed by atoms with Gasteiger partial charge in [-0.15, -0.1) is 0 Å². The van der Waals surface area contributed by atoms with Gasteiger partial charge in [0, 0.05) is 22.0 Å². The van der Waals surface area contributed by atoms with Crippen LogP contribution in [0.15, 0.2) is 89.4 Å². The SMILES string of the molecule is CNC(N/C(=C\C1OC1C)c1ccc2oc3cc4ccccc4cc3c2c1)c1ccccc1O. The monoisotopic (exact) mass is 450 g/mol. The van der Waals surface area contributed by atoms with Crippen LogP contribution in [0.25, 0.3) is 38.4 Å². The molecule has 0 amide bonds. The minimum atomic E-state index is -0.276. The van der Waals surface area contributed by atoms with Gasteiger partial charge in [-0.2, -0.15) is 0 Å². The molecule has 1 saturated heterocycles. The van der Waals surface area contributed by atoms with Crippen LogP contribution in [-0.2, 0) is 4.74 Å². The van der Waals surface area contributed by atoms with Crippen molar-refractivity contribution in [1.82, 2.24) is 10.6 Å². The van der Waals surface area contributed by atoms with E-state index >= 15 is 0 Å². The predicted octanol–water partition coefficient (Wildman–Crippen LogP) is 6.08. The molecule has 3 atom stereocenters. The normalized spacial score (nSPS) is 19.1. The fraction of sp³-hybridized carbons (Fsp3) is 0.172. The lowest BCUT2D eigenvalue weighted by atomic mass is 10.0. The number of para-hydroxylation sites is 1. The van der Waals surface area contributed by atoms with Crippen molar-refractivity contribution in [1.29, 1.82) is 0 Å². The molecule has 34 heavy (non-hydrogen) atoms. The van der Waals surface area contributed by atoms with E-state index in [9.17, 15) is 5.11 Å². The summed E-state index contributed by atoms with van der Waals surface area (Å²) in [5.74, 6) is 0.243. The van der Waals surface area contributed by atoms with Crippen LogP contribution in [-0.4, -0.2) is 24.4 Å². The number of nitrogens with one attached hydrogen (secondary N) is 2. The van der Waals surface area contributed by atoms with Gasteiger partial charge in [0.25, 0.3) is 0 Å². The third-order valence-electron chi connectivity index (χ3n) is 6.57. The molecule has 3 N–H and O–H groups in total. The number of rotatable bonds is 6. The third kappa shape index (κ3) is 3.69. The Labute approximate surface area is 197 Å². The van der Waals surface area contributed by atoms with E-state index in [1.807, 2.05) is 37.4 Å². The van der Waals surface area contributed by atoms with Crippen LogP contribution in [0.1, 0.15) is 24.2 Å². The first-order valence-electron chi connectivity index (χ1n) is 11.5. The van der Waals surface area contributed by atoms with Crippen molar-refractivity contribution in [3.05, 3.63) is 96.1 Å². The zero-order valence-electron chi connectivity index (χ0n) is 19.1. The topological polar surface area (TPSA) is 70.0 Å².